The van der Waals surface area contributed by atoms with Crippen molar-refractivity contribution in [2.75, 3.05) is 13.1 Å². The zero-order valence-corrected chi connectivity index (χ0v) is 14.5. The molecule has 2 heterocycles. The first-order chi connectivity index (χ1) is 10.5. The fourth-order valence-corrected chi connectivity index (χ4v) is 3.48. The van der Waals surface area contributed by atoms with Crippen LogP contribution in [0.25, 0.3) is 10.2 Å². The molecule has 1 amide bonds. The van der Waals surface area contributed by atoms with E-state index in [4.69, 9.17) is 0 Å². The van der Waals surface area contributed by atoms with E-state index in [0.717, 1.165) is 35.6 Å². The molecule has 6 heteroatoms. The largest absolute Gasteiger partial charge is 0.341 e. The minimum absolute atomic E-state index is 0.0120. The van der Waals surface area contributed by atoms with Gasteiger partial charge in [0.15, 0.2) is 0 Å². The van der Waals surface area contributed by atoms with Gasteiger partial charge in [-0.2, -0.15) is 0 Å². The van der Waals surface area contributed by atoms with Crippen LogP contribution in [0.15, 0.2) is 10.9 Å². The third kappa shape index (κ3) is 3.38. The minimum atomic E-state index is -0.117. The van der Waals surface area contributed by atoms with E-state index < -0.39 is 0 Å². The SMILES string of the molecule is CCCN(CCC)C(=O)Cn1c(C)nc2sc(C)cc2c1=O. The lowest BCUT2D eigenvalue weighted by molar-refractivity contribution is -0.132. The number of aryl methyl sites for hydroxylation is 2. The van der Waals surface area contributed by atoms with E-state index in [2.05, 4.69) is 18.8 Å². The second-order valence-corrected chi connectivity index (χ2v) is 6.74. The van der Waals surface area contributed by atoms with E-state index in [1.807, 2.05) is 17.9 Å². The van der Waals surface area contributed by atoms with Crippen molar-refractivity contribution in [3.05, 3.63) is 27.1 Å². The molecule has 0 aliphatic carbocycles. The standard InChI is InChI=1S/C16H23N3O2S/c1-5-7-18(8-6-2)14(20)10-19-12(4)17-15-13(16(19)21)9-11(3)22-15/h9H,5-8,10H2,1-4H3. The Labute approximate surface area is 134 Å². The Morgan fingerprint density at radius 2 is 1.91 bits per heavy atom. The summed E-state index contributed by atoms with van der Waals surface area (Å²) in [6, 6.07) is 1.85. The number of carbonyl (C=O) groups excluding carboxylic acids is 1. The highest BCUT2D eigenvalue weighted by molar-refractivity contribution is 7.18. The molecule has 0 radical (unpaired) electrons. The molecule has 0 spiro atoms. The Morgan fingerprint density at radius 1 is 1.27 bits per heavy atom. The molecule has 0 bridgehead atoms. The van der Waals surface area contributed by atoms with Gasteiger partial charge in [-0.25, -0.2) is 4.98 Å². The highest BCUT2D eigenvalue weighted by Gasteiger charge is 2.17. The highest BCUT2D eigenvalue weighted by Crippen LogP contribution is 2.20. The van der Waals surface area contributed by atoms with E-state index in [1.165, 1.54) is 15.9 Å². The highest BCUT2D eigenvalue weighted by atomic mass is 32.1. The van der Waals surface area contributed by atoms with Gasteiger partial charge < -0.3 is 4.90 Å². The fourth-order valence-electron chi connectivity index (χ4n) is 2.56. The van der Waals surface area contributed by atoms with Crippen molar-refractivity contribution in [2.45, 2.75) is 47.1 Å². The summed E-state index contributed by atoms with van der Waals surface area (Å²) in [5.41, 5.74) is -0.117. The number of fused-ring (bicyclic) bond motifs is 1. The van der Waals surface area contributed by atoms with Crippen LogP contribution in [0, 0.1) is 13.8 Å². The molecule has 0 atom stereocenters. The summed E-state index contributed by atoms with van der Waals surface area (Å²) in [5, 5.41) is 0.610. The Kier molecular flexibility index (Phi) is 5.34. The lowest BCUT2D eigenvalue weighted by atomic mass is 10.3. The average molecular weight is 321 g/mol. The zero-order chi connectivity index (χ0) is 16.3. The van der Waals surface area contributed by atoms with Gasteiger partial charge in [-0.15, -0.1) is 11.3 Å². The molecule has 2 aromatic rings. The Morgan fingerprint density at radius 3 is 2.50 bits per heavy atom. The van der Waals surface area contributed by atoms with E-state index in [-0.39, 0.29) is 18.0 Å². The summed E-state index contributed by atoms with van der Waals surface area (Å²) >= 11 is 1.51. The normalized spacial score (nSPS) is 11.1. The van der Waals surface area contributed by atoms with Crippen LogP contribution in [0.2, 0.25) is 0 Å². The molecule has 5 nitrogen and oxygen atoms in total. The van der Waals surface area contributed by atoms with Gasteiger partial charge in [0.05, 0.1) is 5.39 Å². The second kappa shape index (κ2) is 7.05. The van der Waals surface area contributed by atoms with Crippen LogP contribution in [0.5, 0.6) is 0 Å². The predicted octanol–water partition coefficient (Wildman–Crippen LogP) is 2.72. The van der Waals surface area contributed by atoms with E-state index in [9.17, 15) is 9.59 Å². The molecule has 0 fully saturated rings. The quantitative estimate of drug-likeness (QED) is 0.822. The van der Waals surface area contributed by atoms with E-state index in [1.54, 1.807) is 6.92 Å². The molecule has 120 valence electrons. The molecular weight excluding hydrogens is 298 g/mol. The third-order valence-electron chi connectivity index (χ3n) is 3.60. The van der Waals surface area contributed by atoms with Crippen molar-refractivity contribution < 1.29 is 4.79 Å². The summed E-state index contributed by atoms with van der Waals surface area (Å²) in [6.07, 6.45) is 1.83. The summed E-state index contributed by atoms with van der Waals surface area (Å²) in [4.78, 5) is 33.2. The van der Waals surface area contributed by atoms with Crippen LogP contribution in [0.3, 0.4) is 0 Å². The second-order valence-electron chi connectivity index (χ2n) is 5.51. The Bertz CT molecular complexity index is 727. The van der Waals surface area contributed by atoms with Gasteiger partial charge in [0, 0.05) is 18.0 Å². The van der Waals surface area contributed by atoms with Gasteiger partial charge in [-0.1, -0.05) is 13.8 Å². The van der Waals surface area contributed by atoms with E-state index in [0.29, 0.717) is 11.2 Å². The maximum atomic E-state index is 12.6. The molecule has 2 rings (SSSR count). The Hall–Kier alpha value is -1.69. The number of rotatable bonds is 6. The maximum Gasteiger partial charge on any atom is 0.262 e. The number of nitrogens with zero attached hydrogens (tertiary/aromatic N) is 3. The van der Waals surface area contributed by atoms with Crippen molar-refractivity contribution in [2.24, 2.45) is 0 Å². The number of carbonyl (C=O) groups is 1. The number of hydrogen-bond acceptors (Lipinski definition) is 4. The molecule has 0 aliphatic rings. The lowest BCUT2D eigenvalue weighted by Gasteiger charge is -2.22. The maximum absolute atomic E-state index is 12.6. The first-order valence-corrected chi connectivity index (χ1v) is 8.54. The van der Waals surface area contributed by atoms with Gasteiger partial charge in [0.2, 0.25) is 5.91 Å². The first-order valence-electron chi connectivity index (χ1n) is 7.73. The van der Waals surface area contributed by atoms with E-state index >= 15 is 0 Å². The smallest absolute Gasteiger partial charge is 0.262 e. The molecule has 0 N–H and O–H groups in total. The molecular formula is C16H23N3O2S. The molecule has 0 unspecified atom stereocenters. The van der Waals surface area contributed by atoms with Crippen molar-refractivity contribution in [3.8, 4) is 0 Å². The topological polar surface area (TPSA) is 55.2 Å². The summed E-state index contributed by atoms with van der Waals surface area (Å²) < 4.78 is 1.50. The summed E-state index contributed by atoms with van der Waals surface area (Å²) in [5.74, 6) is 0.586. The van der Waals surface area contributed by atoms with Gasteiger partial charge in [0.1, 0.15) is 17.2 Å². The van der Waals surface area contributed by atoms with Crippen LogP contribution in [0.1, 0.15) is 37.4 Å². The Balaban J connectivity index is 2.34. The summed E-state index contributed by atoms with van der Waals surface area (Å²) in [7, 11) is 0. The minimum Gasteiger partial charge on any atom is -0.341 e. The van der Waals surface area contributed by atoms with Crippen molar-refractivity contribution in [1.82, 2.24) is 14.5 Å². The van der Waals surface area contributed by atoms with Crippen LogP contribution in [-0.4, -0.2) is 33.4 Å². The average Bonchev–Trinajstić information content (AvgIpc) is 2.83. The lowest BCUT2D eigenvalue weighted by Crippen LogP contribution is -2.38. The van der Waals surface area contributed by atoms with Crippen molar-refractivity contribution in [1.29, 1.82) is 0 Å². The number of amides is 1. The van der Waals surface area contributed by atoms with Gasteiger partial charge in [0.25, 0.3) is 5.56 Å². The van der Waals surface area contributed by atoms with Crippen LogP contribution >= 0.6 is 11.3 Å². The van der Waals surface area contributed by atoms with Crippen LogP contribution in [-0.2, 0) is 11.3 Å². The molecule has 0 aliphatic heterocycles. The van der Waals surface area contributed by atoms with Crippen LogP contribution in [0.4, 0.5) is 0 Å². The fraction of sp³-hybridized carbons (Fsp3) is 0.562. The summed E-state index contributed by atoms with van der Waals surface area (Å²) in [6.45, 7) is 9.38. The third-order valence-corrected chi connectivity index (χ3v) is 4.54. The van der Waals surface area contributed by atoms with Gasteiger partial charge in [-0.05, 0) is 32.8 Å². The van der Waals surface area contributed by atoms with Crippen molar-refractivity contribution >= 4 is 27.5 Å². The molecule has 0 aromatic carbocycles. The predicted molar refractivity (Wildman–Crippen MR) is 90.5 cm³/mol. The number of aromatic nitrogens is 2. The molecule has 2 aromatic heterocycles. The zero-order valence-electron chi connectivity index (χ0n) is 13.7. The number of hydrogen-bond donors (Lipinski definition) is 0. The molecule has 0 saturated heterocycles. The first kappa shape index (κ1) is 16.7. The van der Waals surface area contributed by atoms with Crippen LogP contribution < -0.4 is 5.56 Å². The number of thiophene rings is 1. The van der Waals surface area contributed by atoms with Gasteiger partial charge >= 0.3 is 0 Å². The van der Waals surface area contributed by atoms with Crippen molar-refractivity contribution in [3.63, 3.8) is 0 Å². The van der Waals surface area contributed by atoms with Gasteiger partial charge in [-0.3, -0.25) is 14.2 Å². The monoisotopic (exact) mass is 321 g/mol. The molecule has 22 heavy (non-hydrogen) atoms. The molecule has 0 saturated carbocycles.